The second-order valence-electron chi connectivity index (χ2n) is 25.7. The highest BCUT2D eigenvalue weighted by Gasteiger charge is 2.44. The van der Waals surface area contributed by atoms with Crippen LogP contribution in [0.15, 0.2) is 346 Å². The molecule has 2 aliphatic heterocycles. The molecule has 17 aromatic rings. The normalized spacial score (nSPS) is 12.2. The lowest BCUT2D eigenvalue weighted by molar-refractivity contribution is 1.16. The molecule has 4 heterocycles. The molecule has 7 heteroatoms. The minimum Gasteiger partial charge on any atom is -0.311 e. The van der Waals surface area contributed by atoms with Gasteiger partial charge in [-0.3, -0.25) is 0 Å². The Hall–Kier alpha value is -13.5. The van der Waals surface area contributed by atoms with Crippen LogP contribution in [0.4, 0.5) is 39.8 Å². The first-order chi connectivity index (χ1) is 49.0. The smallest absolute Gasteiger partial charge is 0.252 e. The monoisotopic (exact) mass is 1260 g/mol. The Morgan fingerprint density at radius 2 is 0.646 bits per heavy atom. The van der Waals surface area contributed by atoms with Crippen LogP contribution in [0, 0.1) is 17.9 Å². The maximum atomic E-state index is 10.7. The van der Waals surface area contributed by atoms with Crippen LogP contribution in [-0.4, -0.2) is 15.8 Å². The van der Waals surface area contributed by atoms with E-state index in [9.17, 15) is 5.26 Å². The molecule has 458 valence electrons. The van der Waals surface area contributed by atoms with Gasteiger partial charge in [0.1, 0.15) is 0 Å². The van der Waals surface area contributed by atoms with Crippen LogP contribution in [0.25, 0.3) is 127 Å². The van der Waals surface area contributed by atoms with Crippen molar-refractivity contribution in [3.05, 3.63) is 363 Å². The molecule has 0 radical (unpaired) electrons. The number of fused-ring (bicyclic) bond motifs is 10. The van der Waals surface area contributed by atoms with Crippen molar-refractivity contribution < 1.29 is 0 Å². The summed E-state index contributed by atoms with van der Waals surface area (Å²) in [7, 11) is 0. The van der Waals surface area contributed by atoms with E-state index in [0.717, 1.165) is 134 Å². The summed E-state index contributed by atoms with van der Waals surface area (Å²) in [5.74, 6) is 0. The highest BCUT2D eigenvalue weighted by Crippen LogP contribution is 2.49. The van der Waals surface area contributed by atoms with Crippen LogP contribution in [0.1, 0.15) is 5.56 Å². The third-order valence-electron chi connectivity index (χ3n) is 20.3. The topological polar surface area (TPSA) is 44.5 Å². The van der Waals surface area contributed by atoms with Crippen LogP contribution in [0.2, 0.25) is 0 Å². The van der Waals surface area contributed by atoms with E-state index < -0.39 is 0 Å². The summed E-state index contributed by atoms with van der Waals surface area (Å²) in [5, 5.41) is 15.2. The predicted octanol–water partition coefficient (Wildman–Crippen LogP) is 22.4. The lowest BCUT2D eigenvalue weighted by Crippen LogP contribution is -2.61. The predicted molar refractivity (Wildman–Crippen MR) is 413 cm³/mol. The van der Waals surface area contributed by atoms with Crippen LogP contribution in [0.5, 0.6) is 0 Å². The number of aromatic nitrogens is 2. The third kappa shape index (κ3) is 9.33. The first-order valence-corrected chi connectivity index (χ1v) is 33.6. The van der Waals surface area contributed by atoms with Crippen LogP contribution < -0.4 is 26.2 Å². The minimum absolute atomic E-state index is 0.172. The fourth-order valence-electron chi connectivity index (χ4n) is 15.8. The molecular weight excluding hydrogens is 1200 g/mol. The first kappa shape index (κ1) is 57.0. The molecule has 2 aromatic heterocycles. The molecule has 2 aliphatic rings. The quantitative estimate of drug-likeness (QED) is 0.101. The lowest BCUT2D eigenvalue weighted by Gasteiger charge is -2.44. The number of hydrogen-bond acceptors (Lipinski definition) is 3. The van der Waals surface area contributed by atoms with Crippen LogP contribution in [-0.2, 0) is 0 Å². The summed E-state index contributed by atoms with van der Waals surface area (Å²) < 4.78 is 4.67. The molecule has 99 heavy (non-hydrogen) atoms. The van der Waals surface area contributed by atoms with E-state index in [4.69, 9.17) is 6.57 Å². The van der Waals surface area contributed by atoms with Gasteiger partial charge >= 0.3 is 0 Å². The van der Waals surface area contributed by atoms with E-state index in [2.05, 4.69) is 351 Å². The van der Waals surface area contributed by atoms with Crippen LogP contribution >= 0.6 is 0 Å². The number of rotatable bonds is 10. The van der Waals surface area contributed by atoms with Gasteiger partial charge in [-0.15, -0.1) is 0 Å². The number of para-hydroxylation sites is 3. The fraction of sp³-hybridized carbons (Fsp3) is 0. The largest absolute Gasteiger partial charge is 0.311 e. The molecule has 0 aliphatic carbocycles. The highest BCUT2D eigenvalue weighted by atomic mass is 15.2. The second-order valence-corrected chi connectivity index (χ2v) is 25.7. The summed E-state index contributed by atoms with van der Waals surface area (Å²) in [6.07, 6.45) is 0. The van der Waals surface area contributed by atoms with Gasteiger partial charge in [-0.25, -0.2) is 4.85 Å². The molecule has 0 spiro atoms. The molecule has 0 atom stereocenters. The Morgan fingerprint density at radius 3 is 1.11 bits per heavy atom. The maximum absolute atomic E-state index is 10.7. The van der Waals surface area contributed by atoms with Gasteiger partial charge in [-0.05, 0) is 187 Å². The van der Waals surface area contributed by atoms with E-state index in [-0.39, 0.29) is 6.71 Å². The van der Waals surface area contributed by atoms with E-state index in [1.54, 1.807) is 0 Å². The maximum Gasteiger partial charge on any atom is 0.252 e. The molecule has 0 N–H and O–H groups in total. The molecular formula is C92H57BN6. The van der Waals surface area contributed by atoms with Gasteiger partial charge in [0, 0.05) is 61.2 Å². The van der Waals surface area contributed by atoms with Gasteiger partial charge in [0.05, 0.1) is 51.6 Å². The highest BCUT2D eigenvalue weighted by molar-refractivity contribution is 7.00. The van der Waals surface area contributed by atoms with Crippen molar-refractivity contribution in [2.75, 3.05) is 9.80 Å². The summed E-state index contributed by atoms with van der Waals surface area (Å²) in [6, 6.07) is 127. The summed E-state index contributed by atoms with van der Waals surface area (Å²) in [4.78, 5) is 9.06. The van der Waals surface area contributed by atoms with E-state index in [1.165, 1.54) is 38.6 Å². The molecule has 0 saturated carbocycles. The van der Waals surface area contributed by atoms with Crippen molar-refractivity contribution in [3.8, 4) is 84.2 Å². The van der Waals surface area contributed by atoms with Crippen molar-refractivity contribution in [1.82, 2.24) is 9.13 Å². The minimum atomic E-state index is -0.172. The number of nitrogens with zero attached hydrogens (tertiary/aromatic N) is 6. The average molecular weight is 1260 g/mol. The Morgan fingerprint density at radius 1 is 0.283 bits per heavy atom. The van der Waals surface area contributed by atoms with Crippen molar-refractivity contribution in [3.63, 3.8) is 0 Å². The van der Waals surface area contributed by atoms with E-state index in [1.807, 2.05) is 24.3 Å². The molecule has 6 nitrogen and oxygen atoms in total. The zero-order chi connectivity index (χ0) is 65.7. The zero-order valence-electron chi connectivity index (χ0n) is 53.7. The molecule has 15 aromatic carbocycles. The Bertz CT molecular complexity index is 5930. The van der Waals surface area contributed by atoms with Gasteiger partial charge in [0.15, 0.2) is 5.69 Å². The molecule has 19 rings (SSSR count). The van der Waals surface area contributed by atoms with Gasteiger partial charge in [0.2, 0.25) is 0 Å². The number of nitriles is 1. The molecule has 0 saturated heterocycles. The fourth-order valence-corrected chi connectivity index (χ4v) is 15.8. The molecule has 0 bridgehead atoms. The summed E-state index contributed by atoms with van der Waals surface area (Å²) in [5.41, 5.74) is 30.4. The molecule has 0 unspecified atom stereocenters. The van der Waals surface area contributed by atoms with Gasteiger partial charge in [-0.1, -0.05) is 237 Å². The van der Waals surface area contributed by atoms with E-state index >= 15 is 0 Å². The Labute approximate surface area is 574 Å². The third-order valence-corrected chi connectivity index (χ3v) is 20.3. The average Bonchev–Trinajstić information content (AvgIpc) is 1.35. The number of benzene rings is 15. The molecule has 0 amide bonds. The van der Waals surface area contributed by atoms with Crippen molar-refractivity contribution in [1.29, 1.82) is 5.26 Å². The first-order valence-electron chi connectivity index (χ1n) is 33.6. The number of hydrogen-bond donors (Lipinski definition) is 0. The Balaban J connectivity index is 0.859. The van der Waals surface area contributed by atoms with Crippen molar-refractivity contribution in [2.45, 2.75) is 0 Å². The van der Waals surface area contributed by atoms with Crippen molar-refractivity contribution >= 4 is 107 Å². The SMILES string of the molecule is [C-]#[N+]c1ccc(-n2c3ccccc3c3ccccc32)c(-c2cc(C#N)ccc2-n2c3ccccc3c3cc(-c4cc5c6c(c4)N(c4ccc(-c7ccccc7)cc4)c4ccc(-c7ccccc7)cc4B6c4cc(-c6ccccc6)ccc4N5c4ccc(-c5ccccc5)cc4)ccc32)c1. The zero-order valence-corrected chi connectivity index (χ0v) is 53.7. The van der Waals surface area contributed by atoms with Gasteiger partial charge in [-0.2, -0.15) is 5.26 Å². The molecule has 0 fully saturated rings. The number of anilines is 6. The van der Waals surface area contributed by atoms with E-state index in [0.29, 0.717) is 11.3 Å². The Kier molecular flexibility index (Phi) is 13.4. The summed E-state index contributed by atoms with van der Waals surface area (Å²) in [6.45, 7) is 8.19. The summed E-state index contributed by atoms with van der Waals surface area (Å²) >= 11 is 0. The van der Waals surface area contributed by atoms with Crippen LogP contribution in [0.3, 0.4) is 0 Å². The van der Waals surface area contributed by atoms with Crippen molar-refractivity contribution in [2.24, 2.45) is 0 Å². The second kappa shape index (κ2) is 23.2. The standard InChI is InChI=1S/C92H57BN6/c1-95-71-42-51-87(98-82-31-17-14-28-74(82)75-29-15-18-32-83(75)98)79(58-71)77-52-60(59-94)34-47-85(77)99-84-33-19-16-30-76(84)78-53-67(39-48-86(78)99)70-56-90-92-91(57-70)97(73-45-37-66(38-46-73)62-22-8-3-9-23-62)89-50-41-69(64-26-12-5-13-27-64)55-81(89)93(92)80-54-68(63-24-10-4-11-25-63)40-49-88(80)96(90)72-43-35-65(36-44-72)61-20-6-2-7-21-61/h2-58H. The lowest BCUT2D eigenvalue weighted by atomic mass is 9.33. The van der Waals surface area contributed by atoms with Gasteiger partial charge < -0.3 is 18.9 Å². The van der Waals surface area contributed by atoms with Gasteiger partial charge in [0.25, 0.3) is 6.71 Å².